The van der Waals surface area contributed by atoms with E-state index in [0.29, 0.717) is 18.3 Å². The van der Waals surface area contributed by atoms with Crippen LogP contribution >= 0.6 is 15.9 Å². The number of esters is 1. The molecule has 8 heteroatoms. The van der Waals surface area contributed by atoms with Crippen LogP contribution in [0.1, 0.15) is 116 Å². The molecular weight excluding hydrogens is 612 g/mol. The van der Waals surface area contributed by atoms with Gasteiger partial charge < -0.3 is 28.4 Å². The number of halogens is 1. The molecule has 3 aliphatic heterocycles. The molecule has 0 amide bonds. The summed E-state index contributed by atoms with van der Waals surface area (Å²) in [7, 11) is 1.45. The molecule has 5 aliphatic rings. The lowest BCUT2D eigenvalue weighted by molar-refractivity contribution is -0.194. The molecule has 0 aromatic rings. The number of methoxy groups -OCH3 is 1. The van der Waals surface area contributed by atoms with E-state index >= 15 is 0 Å². The number of alkyl halides is 1. The summed E-state index contributed by atoms with van der Waals surface area (Å²) in [5.74, 6) is 1.91. The van der Waals surface area contributed by atoms with Crippen LogP contribution in [0.4, 0.5) is 0 Å². The first kappa shape index (κ1) is 33.8. The van der Waals surface area contributed by atoms with E-state index in [2.05, 4.69) is 35.0 Å². The van der Waals surface area contributed by atoms with Gasteiger partial charge in [0.1, 0.15) is 0 Å². The zero-order valence-corrected chi connectivity index (χ0v) is 28.3. The Morgan fingerprint density at radius 1 is 0.977 bits per heavy atom. The highest BCUT2D eigenvalue weighted by atomic mass is 79.9. The number of hydrogen-bond donors (Lipinski definition) is 0. The lowest BCUT2D eigenvalue weighted by atomic mass is 9.87. The first-order valence-electron chi connectivity index (χ1n) is 17.6. The molecule has 0 spiro atoms. The van der Waals surface area contributed by atoms with Gasteiger partial charge in [0, 0.05) is 36.8 Å². The third-order valence-corrected chi connectivity index (χ3v) is 11.7. The van der Waals surface area contributed by atoms with Gasteiger partial charge in [0.2, 0.25) is 0 Å². The second-order valence-electron chi connectivity index (χ2n) is 13.7. The number of rotatable bonds is 15. The van der Waals surface area contributed by atoms with Crippen LogP contribution < -0.4 is 0 Å². The molecule has 5 rings (SSSR count). The van der Waals surface area contributed by atoms with E-state index in [1.165, 1.54) is 58.5 Å². The Labute approximate surface area is 268 Å². The van der Waals surface area contributed by atoms with Gasteiger partial charge in [-0.05, 0) is 88.4 Å². The van der Waals surface area contributed by atoms with Crippen molar-refractivity contribution in [2.75, 3.05) is 20.3 Å². The first-order chi connectivity index (χ1) is 21.0. The monoisotopic (exact) mass is 668 g/mol. The molecule has 11 atom stereocenters. The second-order valence-corrected chi connectivity index (χ2v) is 14.9. The number of ether oxygens (including phenoxy) is 6. The Hall–Kier alpha value is -0.510. The standard InChI is InChI=1S/C35H57BrO7/c1-3-4-10-24-15-16-25(21-24)29(42-34-13-5-7-19-39-34)18-17-26-27-22-32(28(36)11-9-12-33(37)38-2)41-31(27)23-30(26)43-35-14-6-8-20-40-35/h17-18,24-32,34-35H,3-16,19-23H2,1-2H3/t24?,25?,26-,27-,28?,29-,30-,31-,32-,34?,35?/m1/s1. The van der Waals surface area contributed by atoms with E-state index in [0.717, 1.165) is 70.5 Å². The van der Waals surface area contributed by atoms with Crippen LogP contribution in [-0.4, -0.2) is 68.1 Å². The van der Waals surface area contributed by atoms with Crippen LogP contribution in [0.15, 0.2) is 12.2 Å². The average Bonchev–Trinajstić information content (AvgIpc) is 3.75. The number of carbonyl (C=O) groups excluding carboxylic acids is 1. The molecule has 7 nitrogen and oxygen atoms in total. The van der Waals surface area contributed by atoms with Crippen molar-refractivity contribution in [3.05, 3.63) is 12.2 Å². The molecular formula is C35H57BrO7. The van der Waals surface area contributed by atoms with Crippen molar-refractivity contribution in [3.8, 4) is 0 Å². The van der Waals surface area contributed by atoms with Gasteiger partial charge in [-0.3, -0.25) is 4.79 Å². The molecule has 0 N–H and O–H groups in total. The molecule has 2 aliphatic carbocycles. The Bertz CT molecular complexity index is 857. The zero-order chi connectivity index (χ0) is 30.0. The minimum Gasteiger partial charge on any atom is -0.469 e. The minimum atomic E-state index is -0.145. The van der Waals surface area contributed by atoms with Crippen molar-refractivity contribution in [3.63, 3.8) is 0 Å². The van der Waals surface area contributed by atoms with E-state index in [9.17, 15) is 4.79 Å². The summed E-state index contributed by atoms with van der Waals surface area (Å²) in [4.78, 5) is 11.8. The highest BCUT2D eigenvalue weighted by Gasteiger charge is 2.51. The normalized spacial score (nSPS) is 37.9. The lowest BCUT2D eigenvalue weighted by Crippen LogP contribution is -2.33. The Kier molecular flexibility index (Phi) is 13.7. The van der Waals surface area contributed by atoms with E-state index in [1.807, 2.05) is 0 Å². The predicted molar refractivity (Wildman–Crippen MR) is 170 cm³/mol. The number of carbonyl (C=O) groups is 1. The number of unbranched alkanes of at least 4 members (excludes halogenated alkanes) is 1. The van der Waals surface area contributed by atoms with Crippen LogP contribution in [0.2, 0.25) is 0 Å². The molecule has 3 heterocycles. The van der Waals surface area contributed by atoms with Crippen LogP contribution in [0.5, 0.6) is 0 Å². The molecule has 3 saturated heterocycles. The van der Waals surface area contributed by atoms with Crippen LogP contribution in [-0.2, 0) is 33.2 Å². The summed E-state index contributed by atoms with van der Waals surface area (Å²) in [5.41, 5.74) is 0. The van der Waals surface area contributed by atoms with Gasteiger partial charge in [-0.1, -0.05) is 60.7 Å². The topological polar surface area (TPSA) is 72.5 Å². The quantitative estimate of drug-likeness (QED) is 0.0999. The fourth-order valence-electron chi connectivity index (χ4n) is 8.20. The second kappa shape index (κ2) is 17.4. The van der Waals surface area contributed by atoms with Crippen LogP contribution in [0.3, 0.4) is 0 Å². The van der Waals surface area contributed by atoms with Gasteiger partial charge in [-0.25, -0.2) is 0 Å². The average molecular weight is 670 g/mol. The van der Waals surface area contributed by atoms with Gasteiger partial charge in [-0.2, -0.15) is 0 Å². The maximum Gasteiger partial charge on any atom is 0.305 e. The van der Waals surface area contributed by atoms with Crippen molar-refractivity contribution < 1.29 is 33.2 Å². The van der Waals surface area contributed by atoms with Gasteiger partial charge in [-0.15, -0.1) is 0 Å². The zero-order valence-electron chi connectivity index (χ0n) is 26.7. The van der Waals surface area contributed by atoms with Gasteiger partial charge in [0.05, 0.1) is 31.5 Å². The van der Waals surface area contributed by atoms with Gasteiger partial charge in [0.15, 0.2) is 12.6 Å². The van der Waals surface area contributed by atoms with E-state index < -0.39 is 0 Å². The Balaban J connectivity index is 1.27. The highest BCUT2D eigenvalue weighted by Crippen LogP contribution is 2.48. The maximum absolute atomic E-state index is 11.6. The maximum atomic E-state index is 11.6. The smallest absolute Gasteiger partial charge is 0.305 e. The van der Waals surface area contributed by atoms with Crippen LogP contribution in [0, 0.1) is 23.7 Å². The third-order valence-electron chi connectivity index (χ3n) is 10.7. The largest absolute Gasteiger partial charge is 0.469 e. The first-order valence-corrected chi connectivity index (χ1v) is 18.5. The molecule has 5 unspecified atom stereocenters. The summed E-state index contributed by atoms with van der Waals surface area (Å²) in [6.45, 7) is 3.89. The fraction of sp³-hybridized carbons (Fsp3) is 0.914. The Morgan fingerprint density at radius 2 is 1.77 bits per heavy atom. The molecule has 5 fully saturated rings. The summed E-state index contributed by atoms with van der Waals surface area (Å²) < 4.78 is 37.1. The van der Waals surface area contributed by atoms with Gasteiger partial charge >= 0.3 is 5.97 Å². The minimum absolute atomic E-state index is 0.0840. The molecule has 0 aromatic heterocycles. The van der Waals surface area contributed by atoms with E-state index in [-0.39, 0.29) is 53.7 Å². The Morgan fingerprint density at radius 3 is 2.49 bits per heavy atom. The molecule has 0 bridgehead atoms. The van der Waals surface area contributed by atoms with Crippen molar-refractivity contribution in [2.24, 2.45) is 23.7 Å². The van der Waals surface area contributed by atoms with E-state index in [4.69, 9.17) is 28.4 Å². The lowest BCUT2D eigenvalue weighted by Gasteiger charge is -2.31. The van der Waals surface area contributed by atoms with E-state index in [1.54, 1.807) is 0 Å². The van der Waals surface area contributed by atoms with Crippen molar-refractivity contribution in [2.45, 2.75) is 158 Å². The molecule has 246 valence electrons. The summed E-state index contributed by atoms with van der Waals surface area (Å²) >= 11 is 3.91. The van der Waals surface area contributed by atoms with Crippen molar-refractivity contribution in [1.29, 1.82) is 0 Å². The fourth-order valence-corrected chi connectivity index (χ4v) is 8.86. The SMILES string of the molecule is CCCCC1CCC([C@@H](C=C[C@@H]2[C@H]3C[C@H](C(Br)CCCC(=O)OC)O[C@@H]3C[C@H]2OC2CCCCO2)OC2CCCCO2)C1. The van der Waals surface area contributed by atoms with Crippen molar-refractivity contribution in [1.82, 2.24) is 0 Å². The predicted octanol–water partition coefficient (Wildman–Crippen LogP) is 7.87. The molecule has 0 aromatic carbocycles. The third kappa shape index (κ3) is 9.74. The number of fused-ring (bicyclic) bond motifs is 1. The van der Waals surface area contributed by atoms with Crippen LogP contribution in [0.25, 0.3) is 0 Å². The molecule has 0 radical (unpaired) electrons. The van der Waals surface area contributed by atoms with Crippen molar-refractivity contribution >= 4 is 21.9 Å². The molecule has 2 saturated carbocycles. The van der Waals surface area contributed by atoms with Gasteiger partial charge in [0.25, 0.3) is 0 Å². The molecule has 43 heavy (non-hydrogen) atoms. The number of hydrogen-bond acceptors (Lipinski definition) is 7. The summed E-state index contributed by atoms with van der Waals surface area (Å²) in [6.07, 6.45) is 23.5. The summed E-state index contributed by atoms with van der Waals surface area (Å²) in [5, 5.41) is 0. The summed E-state index contributed by atoms with van der Waals surface area (Å²) in [6, 6.07) is 0. The highest BCUT2D eigenvalue weighted by molar-refractivity contribution is 9.09.